The van der Waals surface area contributed by atoms with Crippen LogP contribution in [0.3, 0.4) is 0 Å². The molecule has 0 fully saturated rings. The van der Waals surface area contributed by atoms with E-state index in [1.807, 2.05) is 16.8 Å². The highest BCUT2D eigenvalue weighted by molar-refractivity contribution is 6.03. The van der Waals surface area contributed by atoms with Crippen molar-refractivity contribution in [3.8, 4) is 0 Å². The van der Waals surface area contributed by atoms with Gasteiger partial charge >= 0.3 is 0 Å². The summed E-state index contributed by atoms with van der Waals surface area (Å²) < 4.78 is 6.86. The maximum absolute atomic E-state index is 12.2. The summed E-state index contributed by atoms with van der Waals surface area (Å²) in [5, 5.41) is 11.9. The molecular formula is C15H18N2O3. The number of nitrogens with zero attached hydrogens (tertiary/aromatic N) is 1. The molecule has 5 nitrogen and oxygen atoms in total. The van der Waals surface area contributed by atoms with Crippen molar-refractivity contribution in [2.24, 2.45) is 0 Å². The summed E-state index contributed by atoms with van der Waals surface area (Å²) in [6, 6.07) is 10.7. The van der Waals surface area contributed by atoms with E-state index in [9.17, 15) is 4.79 Å². The largest absolute Gasteiger partial charge is 0.392 e. The third kappa shape index (κ3) is 3.46. The standard InChI is InChI=1S/C15H18N2O3/c1-20-9-8-17-7-3-6-14(17)15(19)16-13-5-2-4-12(10-13)11-18/h2-7,10,18H,8-9,11H2,1H3,(H,16,19). The van der Waals surface area contributed by atoms with E-state index in [1.165, 1.54) is 0 Å². The van der Waals surface area contributed by atoms with Gasteiger partial charge in [-0.05, 0) is 29.8 Å². The van der Waals surface area contributed by atoms with E-state index < -0.39 is 0 Å². The van der Waals surface area contributed by atoms with Gasteiger partial charge in [0.05, 0.1) is 13.2 Å². The van der Waals surface area contributed by atoms with Crippen LogP contribution in [0.15, 0.2) is 42.6 Å². The molecule has 0 unspecified atom stereocenters. The minimum atomic E-state index is -0.179. The van der Waals surface area contributed by atoms with Gasteiger partial charge in [0.1, 0.15) is 5.69 Å². The Labute approximate surface area is 117 Å². The maximum atomic E-state index is 12.2. The van der Waals surface area contributed by atoms with E-state index in [0.717, 1.165) is 5.56 Å². The molecule has 20 heavy (non-hydrogen) atoms. The summed E-state index contributed by atoms with van der Waals surface area (Å²) >= 11 is 0. The van der Waals surface area contributed by atoms with Crippen LogP contribution in [0.1, 0.15) is 16.1 Å². The Hall–Kier alpha value is -2.11. The Balaban J connectivity index is 2.09. The smallest absolute Gasteiger partial charge is 0.272 e. The van der Waals surface area contributed by atoms with Crippen LogP contribution in [0.5, 0.6) is 0 Å². The number of hydrogen-bond donors (Lipinski definition) is 2. The van der Waals surface area contributed by atoms with Gasteiger partial charge in [0.15, 0.2) is 0 Å². The third-order valence-corrected chi connectivity index (χ3v) is 2.97. The van der Waals surface area contributed by atoms with Gasteiger partial charge in [-0.1, -0.05) is 12.1 Å². The summed E-state index contributed by atoms with van der Waals surface area (Å²) in [6.45, 7) is 1.13. The molecule has 0 spiro atoms. The lowest BCUT2D eigenvalue weighted by Crippen LogP contribution is -2.18. The number of carbonyl (C=O) groups is 1. The van der Waals surface area contributed by atoms with Crippen molar-refractivity contribution >= 4 is 11.6 Å². The first kappa shape index (κ1) is 14.3. The van der Waals surface area contributed by atoms with Gasteiger partial charge in [-0.25, -0.2) is 0 Å². The SMILES string of the molecule is COCCn1cccc1C(=O)Nc1cccc(CO)c1. The fourth-order valence-electron chi connectivity index (χ4n) is 1.95. The van der Waals surface area contributed by atoms with Gasteiger partial charge in [0, 0.05) is 25.5 Å². The number of aromatic nitrogens is 1. The zero-order chi connectivity index (χ0) is 14.4. The lowest BCUT2D eigenvalue weighted by atomic mass is 10.2. The summed E-state index contributed by atoms with van der Waals surface area (Å²) in [5.74, 6) is -0.179. The van der Waals surface area contributed by atoms with Crippen molar-refractivity contribution in [2.75, 3.05) is 19.0 Å². The summed E-state index contributed by atoms with van der Waals surface area (Å²) in [5.41, 5.74) is 2.01. The molecule has 2 rings (SSSR count). The first-order valence-corrected chi connectivity index (χ1v) is 6.40. The molecule has 1 aromatic heterocycles. The van der Waals surface area contributed by atoms with Crippen molar-refractivity contribution < 1.29 is 14.6 Å². The minimum Gasteiger partial charge on any atom is -0.392 e. The van der Waals surface area contributed by atoms with Crippen molar-refractivity contribution in [3.05, 3.63) is 53.9 Å². The number of benzene rings is 1. The molecule has 1 aromatic carbocycles. The highest BCUT2D eigenvalue weighted by atomic mass is 16.5. The normalized spacial score (nSPS) is 10.5. The second-order valence-corrected chi connectivity index (χ2v) is 4.39. The van der Waals surface area contributed by atoms with E-state index in [0.29, 0.717) is 24.5 Å². The molecule has 0 saturated carbocycles. The lowest BCUT2D eigenvalue weighted by Gasteiger charge is -2.10. The Kier molecular flexibility index (Phi) is 4.92. The summed E-state index contributed by atoms with van der Waals surface area (Å²) in [6.07, 6.45) is 1.85. The van der Waals surface area contributed by atoms with Gasteiger partial charge < -0.3 is 19.7 Å². The molecule has 0 radical (unpaired) electrons. The monoisotopic (exact) mass is 274 g/mol. The van der Waals surface area contributed by atoms with Crippen LogP contribution in [-0.4, -0.2) is 29.3 Å². The topological polar surface area (TPSA) is 63.5 Å². The number of aliphatic hydroxyl groups is 1. The minimum absolute atomic E-state index is 0.0477. The number of rotatable bonds is 6. The number of nitrogens with one attached hydrogen (secondary N) is 1. The number of amides is 1. The lowest BCUT2D eigenvalue weighted by molar-refractivity contribution is 0.101. The number of methoxy groups -OCH3 is 1. The van der Waals surface area contributed by atoms with Crippen LogP contribution in [-0.2, 0) is 17.9 Å². The Morgan fingerprint density at radius 3 is 2.95 bits per heavy atom. The number of anilines is 1. The van der Waals surface area contributed by atoms with E-state index in [4.69, 9.17) is 9.84 Å². The van der Waals surface area contributed by atoms with Gasteiger partial charge in [0.2, 0.25) is 0 Å². The van der Waals surface area contributed by atoms with Gasteiger partial charge in [-0.3, -0.25) is 4.79 Å². The number of carbonyl (C=O) groups excluding carboxylic acids is 1. The molecule has 0 aliphatic heterocycles. The predicted octanol–water partition coefficient (Wildman–Crippen LogP) is 1.88. The van der Waals surface area contributed by atoms with Crippen molar-refractivity contribution in [3.63, 3.8) is 0 Å². The molecule has 0 aliphatic rings. The quantitative estimate of drug-likeness (QED) is 0.845. The number of ether oxygens (including phenoxy) is 1. The molecule has 2 N–H and O–H groups in total. The molecule has 5 heteroatoms. The Morgan fingerprint density at radius 1 is 1.35 bits per heavy atom. The molecule has 106 valence electrons. The Bertz CT molecular complexity index is 578. The van der Waals surface area contributed by atoms with Crippen LogP contribution >= 0.6 is 0 Å². The van der Waals surface area contributed by atoms with Crippen LogP contribution < -0.4 is 5.32 Å². The van der Waals surface area contributed by atoms with Crippen molar-refractivity contribution in [2.45, 2.75) is 13.2 Å². The zero-order valence-corrected chi connectivity index (χ0v) is 11.4. The fraction of sp³-hybridized carbons (Fsp3) is 0.267. The van der Waals surface area contributed by atoms with E-state index in [-0.39, 0.29) is 12.5 Å². The van der Waals surface area contributed by atoms with Crippen molar-refractivity contribution in [1.29, 1.82) is 0 Å². The second-order valence-electron chi connectivity index (χ2n) is 4.39. The van der Waals surface area contributed by atoms with Gasteiger partial charge in [-0.2, -0.15) is 0 Å². The van der Waals surface area contributed by atoms with E-state index in [1.54, 1.807) is 37.4 Å². The van der Waals surface area contributed by atoms with Gasteiger partial charge in [0.25, 0.3) is 5.91 Å². The fourth-order valence-corrected chi connectivity index (χ4v) is 1.95. The van der Waals surface area contributed by atoms with E-state index >= 15 is 0 Å². The molecule has 1 amide bonds. The number of aliphatic hydroxyl groups excluding tert-OH is 1. The maximum Gasteiger partial charge on any atom is 0.272 e. The van der Waals surface area contributed by atoms with Crippen LogP contribution in [0.25, 0.3) is 0 Å². The second kappa shape index (κ2) is 6.88. The average Bonchev–Trinajstić information content (AvgIpc) is 2.93. The average molecular weight is 274 g/mol. The highest BCUT2D eigenvalue weighted by Gasteiger charge is 2.11. The Morgan fingerprint density at radius 2 is 2.20 bits per heavy atom. The first-order valence-electron chi connectivity index (χ1n) is 6.40. The first-order chi connectivity index (χ1) is 9.74. The van der Waals surface area contributed by atoms with Gasteiger partial charge in [-0.15, -0.1) is 0 Å². The molecule has 0 bridgehead atoms. The van der Waals surface area contributed by atoms with Crippen LogP contribution in [0.4, 0.5) is 5.69 Å². The molecule has 0 saturated heterocycles. The van der Waals surface area contributed by atoms with Crippen LogP contribution in [0, 0.1) is 0 Å². The molecule has 0 aliphatic carbocycles. The summed E-state index contributed by atoms with van der Waals surface area (Å²) in [7, 11) is 1.63. The molecule has 1 heterocycles. The molecule has 0 atom stereocenters. The van der Waals surface area contributed by atoms with Crippen LogP contribution in [0.2, 0.25) is 0 Å². The molecular weight excluding hydrogens is 256 g/mol. The zero-order valence-electron chi connectivity index (χ0n) is 11.4. The predicted molar refractivity (Wildman–Crippen MR) is 76.6 cm³/mol. The van der Waals surface area contributed by atoms with Crippen molar-refractivity contribution in [1.82, 2.24) is 4.57 Å². The van der Waals surface area contributed by atoms with E-state index in [2.05, 4.69) is 5.32 Å². The highest BCUT2D eigenvalue weighted by Crippen LogP contribution is 2.13. The third-order valence-electron chi connectivity index (χ3n) is 2.97. The molecule has 2 aromatic rings. The number of hydrogen-bond acceptors (Lipinski definition) is 3. The summed E-state index contributed by atoms with van der Waals surface area (Å²) in [4.78, 5) is 12.2.